The minimum absolute atomic E-state index is 0.0835. The molecule has 0 spiro atoms. The maximum atomic E-state index is 12.8. The van der Waals surface area contributed by atoms with Crippen LogP contribution in [0.4, 0.5) is 4.79 Å². The van der Waals surface area contributed by atoms with Crippen LogP contribution in [-0.2, 0) is 14.9 Å². The number of carbonyl (C=O) groups is 2. The number of fused-ring (bicyclic) bond motifs is 4. The minimum Gasteiger partial charge on any atom is -0.468 e. The molecule has 0 radical (unpaired) electrons. The molecule has 3 fully saturated rings. The van der Waals surface area contributed by atoms with Crippen LogP contribution in [0, 0.1) is 0 Å². The minimum atomic E-state index is -0.904. The van der Waals surface area contributed by atoms with Crippen molar-refractivity contribution >= 4 is 12.0 Å². The molecule has 1 aromatic rings. The molecule has 136 valence electrons. The van der Waals surface area contributed by atoms with Crippen molar-refractivity contribution in [1.82, 2.24) is 15.1 Å². The van der Waals surface area contributed by atoms with E-state index in [-0.39, 0.29) is 18.5 Å². The molecule has 0 aliphatic carbocycles. The molecule has 3 saturated heterocycles. The Morgan fingerprint density at radius 1 is 1.16 bits per heavy atom. The van der Waals surface area contributed by atoms with Crippen LogP contribution < -0.4 is 5.32 Å². The first-order valence-corrected chi connectivity index (χ1v) is 8.95. The lowest BCUT2D eigenvalue weighted by molar-refractivity contribution is -0.146. The first-order valence-electron chi connectivity index (χ1n) is 8.95. The second-order valence-corrected chi connectivity index (χ2v) is 7.11. The van der Waals surface area contributed by atoms with E-state index in [1.54, 1.807) is 0 Å². The summed E-state index contributed by atoms with van der Waals surface area (Å²) in [6.45, 7) is 5.84. The highest BCUT2D eigenvalue weighted by molar-refractivity contribution is 5.84. The van der Waals surface area contributed by atoms with Gasteiger partial charge in [0.05, 0.1) is 7.11 Å². The van der Waals surface area contributed by atoms with Crippen LogP contribution in [0.1, 0.15) is 25.3 Å². The number of methoxy groups -OCH3 is 1. The van der Waals surface area contributed by atoms with Crippen LogP contribution in [0.3, 0.4) is 0 Å². The second kappa shape index (κ2) is 7.44. The lowest BCUT2D eigenvalue weighted by Crippen LogP contribution is -2.51. The number of rotatable bonds is 4. The van der Waals surface area contributed by atoms with Crippen LogP contribution in [0.2, 0.25) is 0 Å². The molecule has 2 bridgehead atoms. The lowest BCUT2D eigenvalue weighted by atomic mass is 9.82. The molecule has 1 aromatic carbocycles. The Morgan fingerprint density at radius 3 is 2.48 bits per heavy atom. The van der Waals surface area contributed by atoms with Gasteiger partial charge in [-0.25, -0.2) is 4.79 Å². The summed E-state index contributed by atoms with van der Waals surface area (Å²) in [5.74, 6) is -0.345. The number of ether oxygens (including phenoxy) is 1. The topological polar surface area (TPSA) is 61.9 Å². The Bertz CT molecular complexity index is 614. The van der Waals surface area contributed by atoms with Crippen molar-refractivity contribution in [3.8, 4) is 0 Å². The van der Waals surface area contributed by atoms with Gasteiger partial charge in [-0.15, -0.1) is 0 Å². The van der Waals surface area contributed by atoms with Gasteiger partial charge in [-0.2, -0.15) is 0 Å². The number of nitrogens with zero attached hydrogens (tertiary/aromatic N) is 2. The number of nitrogens with one attached hydrogen (secondary N) is 1. The van der Waals surface area contributed by atoms with E-state index in [2.05, 4.69) is 10.2 Å². The van der Waals surface area contributed by atoms with Crippen molar-refractivity contribution in [2.24, 2.45) is 0 Å². The second-order valence-electron chi connectivity index (χ2n) is 7.11. The van der Waals surface area contributed by atoms with Gasteiger partial charge in [0.15, 0.2) is 0 Å². The highest BCUT2D eigenvalue weighted by Crippen LogP contribution is 2.25. The third-order valence-electron chi connectivity index (χ3n) is 5.56. The number of benzene rings is 1. The summed E-state index contributed by atoms with van der Waals surface area (Å²) in [5, 5.41) is 2.98. The number of hydrogen-bond acceptors (Lipinski definition) is 4. The maximum absolute atomic E-state index is 12.8. The molecule has 0 saturated carbocycles. The highest BCUT2D eigenvalue weighted by atomic mass is 16.5. The van der Waals surface area contributed by atoms with Crippen LogP contribution in [0.25, 0.3) is 0 Å². The van der Waals surface area contributed by atoms with Gasteiger partial charge >= 0.3 is 12.0 Å². The summed E-state index contributed by atoms with van der Waals surface area (Å²) >= 11 is 0. The molecule has 0 aromatic heterocycles. The molecule has 6 nitrogen and oxygen atoms in total. The molecule has 1 atom stereocenters. The average molecular weight is 345 g/mol. The van der Waals surface area contributed by atoms with E-state index < -0.39 is 5.41 Å². The van der Waals surface area contributed by atoms with Gasteiger partial charge in [0, 0.05) is 38.8 Å². The van der Waals surface area contributed by atoms with Gasteiger partial charge in [-0.3, -0.25) is 4.79 Å². The Balaban J connectivity index is 1.70. The zero-order valence-corrected chi connectivity index (χ0v) is 15.0. The monoisotopic (exact) mass is 345 g/mol. The zero-order valence-electron chi connectivity index (χ0n) is 15.0. The number of esters is 1. The molecule has 6 heteroatoms. The number of carbonyl (C=O) groups excluding carboxylic acids is 2. The number of hydrogen-bond donors (Lipinski definition) is 1. The molecule has 3 aliphatic rings. The Kier molecular flexibility index (Phi) is 5.27. The van der Waals surface area contributed by atoms with Gasteiger partial charge in [0.25, 0.3) is 0 Å². The lowest BCUT2D eigenvalue weighted by Gasteiger charge is -2.33. The van der Waals surface area contributed by atoms with E-state index in [0.29, 0.717) is 6.04 Å². The summed E-state index contributed by atoms with van der Waals surface area (Å²) in [4.78, 5) is 29.5. The standard InChI is InChI=1S/C19H27N3O3/c1-19(17(23)25-2,15-6-4-3-5-7-15)14-20-18(24)22-13-12-21-10-8-16(22)9-11-21/h3-7,16H,8-14H2,1-2H3,(H,20,24)/t19-/m1/s1. The number of urea groups is 1. The van der Waals surface area contributed by atoms with Gasteiger partial charge in [-0.05, 0) is 25.3 Å². The van der Waals surface area contributed by atoms with Gasteiger partial charge in [0.1, 0.15) is 5.41 Å². The van der Waals surface area contributed by atoms with Crippen molar-refractivity contribution in [2.75, 3.05) is 39.8 Å². The van der Waals surface area contributed by atoms with Gasteiger partial charge in [-0.1, -0.05) is 30.3 Å². The normalized spacial score (nSPS) is 25.0. The van der Waals surface area contributed by atoms with E-state index in [1.165, 1.54) is 7.11 Å². The van der Waals surface area contributed by atoms with Crippen LogP contribution in [-0.4, -0.2) is 67.7 Å². The number of amides is 2. The molecule has 4 rings (SSSR count). The van der Waals surface area contributed by atoms with Gasteiger partial charge in [0.2, 0.25) is 0 Å². The van der Waals surface area contributed by atoms with E-state index in [9.17, 15) is 9.59 Å². The number of piperidine rings is 1. The molecular weight excluding hydrogens is 318 g/mol. The Morgan fingerprint density at radius 2 is 1.84 bits per heavy atom. The summed E-state index contributed by atoms with van der Waals surface area (Å²) in [6, 6.07) is 9.69. The largest absolute Gasteiger partial charge is 0.468 e. The molecule has 25 heavy (non-hydrogen) atoms. The molecular formula is C19H27N3O3. The third kappa shape index (κ3) is 3.63. The quantitative estimate of drug-likeness (QED) is 0.842. The Labute approximate surface area is 149 Å². The SMILES string of the molecule is COC(=O)[C@](C)(CNC(=O)N1CCN2CCC1CC2)c1ccccc1. The van der Waals surface area contributed by atoms with Crippen molar-refractivity contribution in [2.45, 2.75) is 31.2 Å². The van der Waals surface area contributed by atoms with E-state index in [0.717, 1.165) is 44.6 Å². The smallest absolute Gasteiger partial charge is 0.317 e. The fourth-order valence-electron chi connectivity index (χ4n) is 3.83. The van der Waals surface area contributed by atoms with E-state index >= 15 is 0 Å². The molecule has 1 N–H and O–H groups in total. The van der Waals surface area contributed by atoms with Crippen molar-refractivity contribution < 1.29 is 14.3 Å². The fraction of sp³-hybridized carbons (Fsp3) is 0.579. The first-order chi connectivity index (χ1) is 12.0. The maximum Gasteiger partial charge on any atom is 0.317 e. The summed E-state index contributed by atoms with van der Waals surface area (Å²) in [6.07, 6.45) is 2.06. The third-order valence-corrected chi connectivity index (χ3v) is 5.56. The van der Waals surface area contributed by atoms with E-state index in [1.807, 2.05) is 42.2 Å². The van der Waals surface area contributed by atoms with Crippen LogP contribution >= 0.6 is 0 Å². The molecule has 0 unspecified atom stereocenters. The first kappa shape index (κ1) is 17.7. The van der Waals surface area contributed by atoms with Gasteiger partial charge < -0.3 is 19.9 Å². The zero-order chi connectivity index (χ0) is 17.9. The van der Waals surface area contributed by atoms with Crippen molar-refractivity contribution in [1.29, 1.82) is 0 Å². The van der Waals surface area contributed by atoms with Crippen molar-refractivity contribution in [3.63, 3.8) is 0 Å². The molecule has 2 amide bonds. The fourth-order valence-corrected chi connectivity index (χ4v) is 3.83. The van der Waals surface area contributed by atoms with Crippen LogP contribution in [0.5, 0.6) is 0 Å². The van der Waals surface area contributed by atoms with Crippen LogP contribution in [0.15, 0.2) is 30.3 Å². The molecule has 3 aliphatic heterocycles. The predicted octanol–water partition coefficient (Wildman–Crippen LogP) is 1.61. The summed E-state index contributed by atoms with van der Waals surface area (Å²) in [5.41, 5.74) is -0.0655. The molecule has 3 heterocycles. The Hall–Kier alpha value is -2.08. The summed E-state index contributed by atoms with van der Waals surface area (Å²) in [7, 11) is 1.38. The average Bonchev–Trinajstić information content (AvgIpc) is 2.99. The van der Waals surface area contributed by atoms with E-state index in [4.69, 9.17) is 4.74 Å². The summed E-state index contributed by atoms with van der Waals surface area (Å²) < 4.78 is 5.01. The van der Waals surface area contributed by atoms with Crippen molar-refractivity contribution in [3.05, 3.63) is 35.9 Å². The predicted molar refractivity (Wildman–Crippen MR) is 95.4 cm³/mol. The highest BCUT2D eigenvalue weighted by Gasteiger charge is 2.38.